The number of nitrogens with zero attached hydrogens (tertiary/aromatic N) is 5. The molecule has 0 aliphatic carbocycles. The van der Waals surface area contributed by atoms with Crippen LogP contribution in [0.1, 0.15) is 17.4 Å². The van der Waals surface area contributed by atoms with Gasteiger partial charge in [-0.25, -0.2) is 0 Å². The summed E-state index contributed by atoms with van der Waals surface area (Å²) in [6.07, 6.45) is 1.66. The molecule has 1 aliphatic rings. The predicted octanol–water partition coefficient (Wildman–Crippen LogP) is -0.987. The van der Waals surface area contributed by atoms with Crippen molar-refractivity contribution in [2.75, 3.05) is 33.2 Å². The minimum absolute atomic E-state index is 0.0433. The number of piperazine rings is 1. The SMILES string of the molecule is CC1CN(C(=O)c2cn(CCN)nn2)CCN1C. The zero-order chi connectivity index (χ0) is 13.1. The van der Waals surface area contributed by atoms with Crippen LogP contribution in [-0.4, -0.2) is 70.0 Å². The molecule has 1 aromatic heterocycles. The number of aromatic nitrogens is 3. The summed E-state index contributed by atoms with van der Waals surface area (Å²) in [5.74, 6) is -0.0433. The number of nitrogens with two attached hydrogens (primary N) is 1. The lowest BCUT2D eigenvalue weighted by Gasteiger charge is -2.37. The Morgan fingerprint density at radius 3 is 3.00 bits per heavy atom. The van der Waals surface area contributed by atoms with E-state index in [4.69, 9.17) is 5.73 Å². The first-order valence-electron chi connectivity index (χ1n) is 6.21. The lowest BCUT2D eigenvalue weighted by molar-refractivity contribution is 0.0566. The van der Waals surface area contributed by atoms with Crippen molar-refractivity contribution in [2.45, 2.75) is 19.5 Å². The topological polar surface area (TPSA) is 80.3 Å². The normalized spacial score (nSPS) is 21.3. The molecule has 2 rings (SSSR count). The van der Waals surface area contributed by atoms with Crippen molar-refractivity contribution in [3.05, 3.63) is 11.9 Å². The summed E-state index contributed by atoms with van der Waals surface area (Å²) in [4.78, 5) is 16.3. The zero-order valence-electron chi connectivity index (χ0n) is 10.9. The smallest absolute Gasteiger partial charge is 0.276 e. The van der Waals surface area contributed by atoms with Crippen LogP contribution in [0.3, 0.4) is 0 Å². The van der Waals surface area contributed by atoms with E-state index in [-0.39, 0.29) is 5.91 Å². The van der Waals surface area contributed by atoms with E-state index in [9.17, 15) is 4.79 Å². The van der Waals surface area contributed by atoms with Gasteiger partial charge in [-0.3, -0.25) is 9.48 Å². The van der Waals surface area contributed by atoms with Crippen LogP contribution in [-0.2, 0) is 6.54 Å². The minimum Gasteiger partial charge on any atom is -0.334 e. The maximum absolute atomic E-state index is 12.2. The highest BCUT2D eigenvalue weighted by Gasteiger charge is 2.26. The van der Waals surface area contributed by atoms with E-state index in [2.05, 4.69) is 29.2 Å². The molecule has 7 heteroatoms. The molecule has 1 saturated heterocycles. The molecule has 7 nitrogen and oxygen atoms in total. The third-order valence-electron chi connectivity index (χ3n) is 3.36. The maximum atomic E-state index is 12.2. The van der Waals surface area contributed by atoms with Crippen LogP contribution in [0, 0.1) is 0 Å². The number of likely N-dealkylation sites (N-methyl/N-ethyl adjacent to an activating group) is 1. The zero-order valence-corrected chi connectivity index (χ0v) is 10.9. The monoisotopic (exact) mass is 252 g/mol. The van der Waals surface area contributed by atoms with E-state index in [1.54, 1.807) is 10.9 Å². The summed E-state index contributed by atoms with van der Waals surface area (Å²) >= 11 is 0. The Kier molecular flexibility index (Phi) is 3.93. The average Bonchev–Trinajstić information content (AvgIpc) is 2.81. The third kappa shape index (κ3) is 2.68. The van der Waals surface area contributed by atoms with E-state index in [1.807, 2.05) is 4.90 Å². The third-order valence-corrected chi connectivity index (χ3v) is 3.36. The standard InChI is InChI=1S/C11H20N6O/c1-9-7-16(6-5-15(9)2)11(18)10-8-17(4-3-12)14-13-10/h8-9H,3-7,12H2,1-2H3. The lowest BCUT2D eigenvalue weighted by atomic mass is 10.2. The molecule has 1 unspecified atom stereocenters. The molecule has 1 aromatic rings. The lowest BCUT2D eigenvalue weighted by Crippen LogP contribution is -2.52. The summed E-state index contributed by atoms with van der Waals surface area (Å²) in [5, 5.41) is 7.79. The molecular weight excluding hydrogens is 232 g/mol. The van der Waals surface area contributed by atoms with Crippen LogP contribution >= 0.6 is 0 Å². The van der Waals surface area contributed by atoms with Crippen molar-refractivity contribution >= 4 is 5.91 Å². The van der Waals surface area contributed by atoms with Crippen molar-refractivity contribution < 1.29 is 4.79 Å². The summed E-state index contributed by atoms with van der Waals surface area (Å²) in [6, 6.07) is 0.377. The Bertz CT molecular complexity index is 417. The van der Waals surface area contributed by atoms with Gasteiger partial charge in [-0.2, -0.15) is 0 Å². The molecular formula is C11H20N6O. The van der Waals surface area contributed by atoms with E-state index >= 15 is 0 Å². The summed E-state index contributed by atoms with van der Waals surface area (Å²) in [7, 11) is 2.07. The van der Waals surface area contributed by atoms with Gasteiger partial charge < -0.3 is 15.5 Å². The van der Waals surface area contributed by atoms with E-state index in [0.717, 1.165) is 19.6 Å². The molecule has 1 fully saturated rings. The molecule has 0 aromatic carbocycles. The van der Waals surface area contributed by atoms with Crippen LogP contribution in [0.15, 0.2) is 6.20 Å². The number of rotatable bonds is 3. The first-order valence-corrected chi connectivity index (χ1v) is 6.21. The van der Waals surface area contributed by atoms with Gasteiger partial charge in [0, 0.05) is 32.2 Å². The molecule has 0 saturated carbocycles. The number of amides is 1. The van der Waals surface area contributed by atoms with Crippen molar-refractivity contribution in [3.63, 3.8) is 0 Å². The molecule has 0 radical (unpaired) electrons. The summed E-state index contributed by atoms with van der Waals surface area (Å²) in [6.45, 7) is 5.55. The molecule has 2 heterocycles. The molecule has 18 heavy (non-hydrogen) atoms. The molecule has 1 aliphatic heterocycles. The second-order valence-corrected chi connectivity index (χ2v) is 4.74. The van der Waals surface area contributed by atoms with Gasteiger partial charge in [-0.05, 0) is 14.0 Å². The Morgan fingerprint density at radius 2 is 2.33 bits per heavy atom. The number of carbonyl (C=O) groups is 1. The first-order chi connectivity index (χ1) is 8.61. The Morgan fingerprint density at radius 1 is 1.56 bits per heavy atom. The maximum Gasteiger partial charge on any atom is 0.276 e. The second-order valence-electron chi connectivity index (χ2n) is 4.74. The fourth-order valence-corrected chi connectivity index (χ4v) is 2.03. The number of carbonyl (C=O) groups excluding carboxylic acids is 1. The van der Waals surface area contributed by atoms with Crippen LogP contribution < -0.4 is 5.73 Å². The highest BCUT2D eigenvalue weighted by Crippen LogP contribution is 2.10. The van der Waals surface area contributed by atoms with E-state index in [0.29, 0.717) is 24.8 Å². The summed E-state index contributed by atoms with van der Waals surface area (Å²) in [5.41, 5.74) is 5.84. The minimum atomic E-state index is -0.0433. The fourth-order valence-electron chi connectivity index (χ4n) is 2.03. The highest BCUT2D eigenvalue weighted by molar-refractivity contribution is 5.92. The largest absolute Gasteiger partial charge is 0.334 e. The van der Waals surface area contributed by atoms with Crippen LogP contribution in [0.5, 0.6) is 0 Å². The Balaban J connectivity index is 2.02. The average molecular weight is 252 g/mol. The fraction of sp³-hybridized carbons (Fsp3) is 0.727. The van der Waals surface area contributed by atoms with Gasteiger partial charge in [0.1, 0.15) is 0 Å². The van der Waals surface area contributed by atoms with Gasteiger partial charge in [-0.1, -0.05) is 5.21 Å². The van der Waals surface area contributed by atoms with Crippen LogP contribution in [0.25, 0.3) is 0 Å². The molecule has 0 spiro atoms. The highest BCUT2D eigenvalue weighted by atomic mass is 16.2. The predicted molar refractivity (Wildman–Crippen MR) is 67.1 cm³/mol. The van der Waals surface area contributed by atoms with Gasteiger partial charge in [-0.15, -0.1) is 5.10 Å². The Labute approximate surface area is 107 Å². The first kappa shape index (κ1) is 13.0. The number of hydrogen-bond donors (Lipinski definition) is 1. The second kappa shape index (κ2) is 5.45. The molecule has 0 bridgehead atoms. The molecule has 100 valence electrons. The molecule has 1 atom stereocenters. The van der Waals surface area contributed by atoms with Gasteiger partial charge in [0.05, 0.1) is 12.7 Å². The van der Waals surface area contributed by atoms with Gasteiger partial charge in [0.25, 0.3) is 5.91 Å². The molecule has 1 amide bonds. The Hall–Kier alpha value is -1.47. The van der Waals surface area contributed by atoms with E-state index < -0.39 is 0 Å². The van der Waals surface area contributed by atoms with Crippen LogP contribution in [0.2, 0.25) is 0 Å². The summed E-state index contributed by atoms with van der Waals surface area (Å²) < 4.78 is 1.60. The van der Waals surface area contributed by atoms with Crippen molar-refractivity contribution in [2.24, 2.45) is 5.73 Å². The van der Waals surface area contributed by atoms with Crippen molar-refractivity contribution in [1.82, 2.24) is 24.8 Å². The molecule has 2 N–H and O–H groups in total. The van der Waals surface area contributed by atoms with Crippen molar-refractivity contribution in [1.29, 1.82) is 0 Å². The van der Waals surface area contributed by atoms with Gasteiger partial charge >= 0.3 is 0 Å². The van der Waals surface area contributed by atoms with E-state index in [1.165, 1.54) is 0 Å². The van der Waals surface area contributed by atoms with Gasteiger partial charge in [0.2, 0.25) is 0 Å². The van der Waals surface area contributed by atoms with Crippen molar-refractivity contribution in [3.8, 4) is 0 Å². The quantitative estimate of drug-likeness (QED) is 0.747. The van der Waals surface area contributed by atoms with Gasteiger partial charge in [0.15, 0.2) is 5.69 Å². The number of hydrogen-bond acceptors (Lipinski definition) is 5. The van der Waals surface area contributed by atoms with Crippen LogP contribution in [0.4, 0.5) is 0 Å².